The van der Waals surface area contributed by atoms with Crippen LogP contribution >= 0.6 is 0 Å². The highest BCUT2D eigenvalue weighted by molar-refractivity contribution is 6.08. The summed E-state index contributed by atoms with van der Waals surface area (Å²) >= 11 is 0. The van der Waals surface area contributed by atoms with Crippen LogP contribution in [0.2, 0.25) is 0 Å². The van der Waals surface area contributed by atoms with E-state index in [2.05, 4.69) is 4.98 Å². The molecule has 5 rings (SSSR count). The maximum absolute atomic E-state index is 13.1. The molecule has 3 heterocycles. The molecular weight excluding hydrogens is 356 g/mol. The second-order valence-electron chi connectivity index (χ2n) is 6.72. The predicted molar refractivity (Wildman–Crippen MR) is 106 cm³/mol. The maximum Gasteiger partial charge on any atom is 0.349 e. The molecule has 2 aromatic heterocycles. The van der Waals surface area contributed by atoms with Gasteiger partial charge < -0.3 is 9.15 Å². The predicted octanol–water partition coefficient (Wildman–Crippen LogP) is 3.55. The van der Waals surface area contributed by atoms with Gasteiger partial charge in [0, 0.05) is 23.4 Å². The van der Waals surface area contributed by atoms with Crippen molar-refractivity contribution in [3.63, 3.8) is 0 Å². The van der Waals surface area contributed by atoms with E-state index in [0.717, 1.165) is 16.5 Å². The van der Waals surface area contributed by atoms with Crippen LogP contribution in [0.25, 0.3) is 21.9 Å². The lowest BCUT2D eigenvalue weighted by Gasteiger charge is -2.16. The molecule has 0 unspecified atom stereocenters. The van der Waals surface area contributed by atoms with E-state index in [0.29, 0.717) is 35.5 Å². The van der Waals surface area contributed by atoms with Crippen LogP contribution in [0.5, 0.6) is 5.75 Å². The Morgan fingerprint density at radius 1 is 1.11 bits per heavy atom. The summed E-state index contributed by atoms with van der Waals surface area (Å²) in [5.74, 6) is 0.886. The summed E-state index contributed by atoms with van der Waals surface area (Å²) < 4.78 is 10.6. The Bertz CT molecular complexity index is 1310. The van der Waals surface area contributed by atoms with E-state index in [1.54, 1.807) is 30.2 Å². The monoisotopic (exact) mass is 372 g/mol. The first-order chi connectivity index (χ1) is 13.6. The Morgan fingerprint density at radius 2 is 1.96 bits per heavy atom. The number of pyridine rings is 1. The van der Waals surface area contributed by atoms with Crippen molar-refractivity contribution in [1.29, 1.82) is 0 Å². The van der Waals surface area contributed by atoms with E-state index in [1.807, 2.05) is 36.4 Å². The van der Waals surface area contributed by atoms with E-state index >= 15 is 0 Å². The highest BCUT2D eigenvalue weighted by Crippen LogP contribution is 2.31. The first-order valence-electron chi connectivity index (χ1n) is 8.96. The van der Waals surface area contributed by atoms with Gasteiger partial charge in [-0.15, -0.1) is 0 Å². The van der Waals surface area contributed by atoms with Crippen molar-refractivity contribution >= 4 is 33.6 Å². The Morgan fingerprint density at radius 3 is 2.82 bits per heavy atom. The summed E-state index contributed by atoms with van der Waals surface area (Å²) in [6, 6.07) is 16.4. The Kier molecular flexibility index (Phi) is 3.65. The van der Waals surface area contributed by atoms with Crippen molar-refractivity contribution < 1.29 is 13.9 Å². The molecule has 0 saturated heterocycles. The first kappa shape index (κ1) is 16.5. The molecule has 138 valence electrons. The molecule has 2 aromatic carbocycles. The Labute approximate surface area is 160 Å². The fraction of sp³-hybridized carbons (Fsp3) is 0.136. The lowest BCUT2D eigenvalue weighted by molar-refractivity contribution is 0.0985. The number of fused-ring (bicyclic) bond motifs is 3. The average Bonchev–Trinajstić information content (AvgIpc) is 3.13. The van der Waals surface area contributed by atoms with Crippen LogP contribution in [0.15, 0.2) is 63.8 Å². The number of hydrogen-bond acceptors (Lipinski definition) is 5. The fourth-order valence-electron chi connectivity index (χ4n) is 3.62. The number of ether oxygens (including phenoxy) is 1. The SMILES string of the molecule is COc1ccc2cc3c(nc2c1)N(C(=O)c1cc2ccccc2oc1=O)CC3. The lowest BCUT2D eigenvalue weighted by Crippen LogP contribution is -2.33. The minimum atomic E-state index is -0.639. The highest BCUT2D eigenvalue weighted by Gasteiger charge is 2.29. The number of amides is 1. The number of para-hydroxylation sites is 1. The number of rotatable bonds is 2. The van der Waals surface area contributed by atoms with Gasteiger partial charge in [-0.25, -0.2) is 9.78 Å². The number of nitrogens with zero attached hydrogens (tertiary/aromatic N) is 2. The highest BCUT2D eigenvalue weighted by atomic mass is 16.5. The summed E-state index contributed by atoms with van der Waals surface area (Å²) in [7, 11) is 1.60. The molecule has 28 heavy (non-hydrogen) atoms. The van der Waals surface area contributed by atoms with Crippen LogP contribution in [-0.2, 0) is 6.42 Å². The van der Waals surface area contributed by atoms with Gasteiger partial charge in [-0.3, -0.25) is 9.69 Å². The van der Waals surface area contributed by atoms with E-state index < -0.39 is 11.5 Å². The summed E-state index contributed by atoms with van der Waals surface area (Å²) in [6.07, 6.45) is 0.689. The molecule has 0 N–H and O–H groups in total. The second-order valence-corrected chi connectivity index (χ2v) is 6.72. The quantitative estimate of drug-likeness (QED) is 0.503. The topological polar surface area (TPSA) is 72.6 Å². The molecule has 1 aliphatic rings. The molecule has 0 fully saturated rings. The van der Waals surface area contributed by atoms with Gasteiger partial charge in [0.2, 0.25) is 0 Å². The summed E-state index contributed by atoms with van der Waals surface area (Å²) in [5, 5.41) is 1.69. The van der Waals surface area contributed by atoms with Gasteiger partial charge in [-0.1, -0.05) is 18.2 Å². The molecule has 0 spiro atoms. The Hall–Kier alpha value is -3.67. The smallest absolute Gasteiger partial charge is 0.349 e. The number of aromatic nitrogens is 1. The van der Waals surface area contributed by atoms with Crippen molar-refractivity contribution in [2.45, 2.75) is 6.42 Å². The molecule has 6 nitrogen and oxygen atoms in total. The van der Waals surface area contributed by atoms with Gasteiger partial charge in [-0.05, 0) is 42.3 Å². The van der Waals surface area contributed by atoms with Crippen molar-refractivity contribution in [2.24, 2.45) is 0 Å². The van der Waals surface area contributed by atoms with Crippen molar-refractivity contribution in [3.05, 3.63) is 76.1 Å². The number of anilines is 1. The van der Waals surface area contributed by atoms with E-state index in [9.17, 15) is 9.59 Å². The third-order valence-corrected chi connectivity index (χ3v) is 5.06. The average molecular weight is 372 g/mol. The van der Waals surface area contributed by atoms with Crippen LogP contribution < -0.4 is 15.3 Å². The molecule has 4 aromatic rings. The van der Waals surface area contributed by atoms with Gasteiger partial charge in [0.25, 0.3) is 5.91 Å². The lowest BCUT2D eigenvalue weighted by atomic mass is 10.1. The number of carbonyl (C=O) groups excluding carboxylic acids is 1. The fourth-order valence-corrected chi connectivity index (χ4v) is 3.62. The number of benzene rings is 2. The van der Waals surface area contributed by atoms with Crippen molar-refractivity contribution in [3.8, 4) is 5.75 Å². The molecule has 1 amide bonds. The summed E-state index contributed by atoms with van der Waals surface area (Å²) in [5.41, 5.74) is 1.56. The minimum absolute atomic E-state index is 0.0130. The van der Waals surface area contributed by atoms with Crippen LogP contribution in [0.4, 0.5) is 5.82 Å². The van der Waals surface area contributed by atoms with Crippen LogP contribution in [-0.4, -0.2) is 24.5 Å². The Balaban J connectivity index is 1.60. The number of methoxy groups -OCH3 is 1. The summed E-state index contributed by atoms with van der Waals surface area (Å²) in [6.45, 7) is 0.473. The second kappa shape index (κ2) is 6.20. The largest absolute Gasteiger partial charge is 0.497 e. The molecule has 0 saturated carbocycles. The normalized spacial score (nSPS) is 13.1. The molecule has 0 bridgehead atoms. The standard InChI is InChI=1S/C22H16N2O4/c1-27-16-7-6-13-10-15-8-9-24(20(15)23-18(13)12-16)21(25)17-11-14-4-2-3-5-19(14)28-22(17)26/h2-7,10-12H,8-9H2,1H3. The number of carbonyl (C=O) groups is 1. The molecule has 0 atom stereocenters. The van der Waals surface area contributed by atoms with Gasteiger partial charge in [-0.2, -0.15) is 0 Å². The van der Waals surface area contributed by atoms with E-state index in [4.69, 9.17) is 9.15 Å². The zero-order chi connectivity index (χ0) is 19.3. The van der Waals surface area contributed by atoms with E-state index in [-0.39, 0.29) is 5.56 Å². The zero-order valence-corrected chi connectivity index (χ0v) is 15.1. The summed E-state index contributed by atoms with van der Waals surface area (Å²) in [4.78, 5) is 31.8. The minimum Gasteiger partial charge on any atom is -0.497 e. The van der Waals surface area contributed by atoms with Crippen LogP contribution in [0, 0.1) is 0 Å². The van der Waals surface area contributed by atoms with E-state index in [1.165, 1.54) is 0 Å². The van der Waals surface area contributed by atoms with Gasteiger partial charge in [0.05, 0.1) is 12.6 Å². The molecule has 0 aliphatic carbocycles. The third-order valence-electron chi connectivity index (χ3n) is 5.06. The van der Waals surface area contributed by atoms with Crippen LogP contribution in [0.1, 0.15) is 15.9 Å². The molecule has 1 aliphatic heterocycles. The van der Waals surface area contributed by atoms with Gasteiger partial charge in [0.15, 0.2) is 0 Å². The molecule has 6 heteroatoms. The van der Waals surface area contributed by atoms with Crippen molar-refractivity contribution in [1.82, 2.24) is 4.98 Å². The van der Waals surface area contributed by atoms with Crippen molar-refractivity contribution in [2.75, 3.05) is 18.6 Å². The van der Waals surface area contributed by atoms with Gasteiger partial charge in [0.1, 0.15) is 22.7 Å². The first-order valence-corrected chi connectivity index (χ1v) is 8.96. The third kappa shape index (κ3) is 2.53. The van der Waals surface area contributed by atoms with Crippen LogP contribution in [0.3, 0.4) is 0 Å². The number of hydrogen-bond donors (Lipinski definition) is 0. The van der Waals surface area contributed by atoms with Gasteiger partial charge >= 0.3 is 5.63 Å². The molecular formula is C22H16N2O4. The molecule has 0 radical (unpaired) electrons. The zero-order valence-electron chi connectivity index (χ0n) is 15.1. The maximum atomic E-state index is 13.1.